The number of allylic oxidation sites excluding steroid dienone is 1. The van der Waals surface area contributed by atoms with Crippen LogP contribution in [0.25, 0.3) is 0 Å². The van der Waals surface area contributed by atoms with Crippen LogP contribution in [0.15, 0.2) is 11.9 Å². The highest BCUT2D eigenvalue weighted by atomic mass is 16.1. The van der Waals surface area contributed by atoms with Gasteiger partial charge in [-0.05, 0) is 6.92 Å². The Morgan fingerprint density at radius 3 is 2.62 bits per heavy atom. The van der Waals surface area contributed by atoms with Crippen LogP contribution < -0.4 is 11.1 Å². The average Bonchev–Trinajstić information content (AvgIpc) is 1.83. The van der Waals surface area contributed by atoms with Crippen molar-refractivity contribution in [2.45, 2.75) is 6.92 Å². The van der Waals surface area contributed by atoms with E-state index in [1.165, 1.54) is 6.20 Å². The monoisotopic (exact) mass is 114 g/mol. The van der Waals surface area contributed by atoms with Crippen LogP contribution in [-0.4, -0.2) is 12.8 Å². The highest BCUT2D eigenvalue weighted by Gasteiger charge is 1.84. The Morgan fingerprint density at radius 1 is 1.88 bits per heavy atom. The highest BCUT2D eigenvalue weighted by Crippen LogP contribution is 1.74. The Labute approximate surface area is 48.6 Å². The van der Waals surface area contributed by atoms with Crippen molar-refractivity contribution in [2.75, 3.05) is 6.54 Å². The van der Waals surface area contributed by atoms with Gasteiger partial charge < -0.3 is 11.1 Å². The lowest BCUT2D eigenvalue weighted by molar-refractivity contribution is -0.105. The van der Waals surface area contributed by atoms with Gasteiger partial charge in [0, 0.05) is 12.7 Å². The second-order valence-corrected chi connectivity index (χ2v) is 1.27. The van der Waals surface area contributed by atoms with Crippen molar-refractivity contribution in [3.63, 3.8) is 0 Å². The van der Waals surface area contributed by atoms with Crippen molar-refractivity contribution in [3.8, 4) is 0 Å². The summed E-state index contributed by atoms with van der Waals surface area (Å²) in [5.74, 6) is 0. The molecule has 0 radical (unpaired) electrons. The summed E-state index contributed by atoms with van der Waals surface area (Å²) < 4.78 is 0. The summed E-state index contributed by atoms with van der Waals surface area (Å²) in [6.45, 7) is 2.62. The van der Waals surface area contributed by atoms with Gasteiger partial charge in [0.05, 0.1) is 5.70 Å². The lowest BCUT2D eigenvalue weighted by atomic mass is 10.5. The first kappa shape index (κ1) is 7.01. The fourth-order valence-corrected chi connectivity index (χ4v) is 0.344. The summed E-state index contributed by atoms with van der Waals surface area (Å²) in [5, 5.41) is 2.75. The molecule has 0 saturated heterocycles. The normalized spacial score (nSPS) is 10.9. The topological polar surface area (TPSA) is 55.1 Å². The minimum atomic E-state index is 0.438. The van der Waals surface area contributed by atoms with Gasteiger partial charge >= 0.3 is 0 Å². The SMILES string of the molecule is CCN/C(C=O)=C\N. The molecule has 46 valence electrons. The van der Waals surface area contributed by atoms with Crippen molar-refractivity contribution in [1.82, 2.24) is 5.32 Å². The van der Waals surface area contributed by atoms with E-state index >= 15 is 0 Å². The zero-order valence-electron chi connectivity index (χ0n) is 4.85. The van der Waals surface area contributed by atoms with Crippen molar-refractivity contribution < 1.29 is 4.79 Å². The van der Waals surface area contributed by atoms with Crippen LogP contribution in [-0.2, 0) is 4.79 Å². The third-order valence-corrected chi connectivity index (χ3v) is 0.687. The fraction of sp³-hybridized carbons (Fsp3) is 0.400. The second-order valence-electron chi connectivity index (χ2n) is 1.27. The number of hydrogen-bond donors (Lipinski definition) is 2. The van der Waals surface area contributed by atoms with Crippen LogP contribution in [0.1, 0.15) is 6.92 Å². The summed E-state index contributed by atoms with van der Waals surface area (Å²) >= 11 is 0. The molecule has 0 spiro atoms. The van der Waals surface area contributed by atoms with Crippen LogP contribution in [0.5, 0.6) is 0 Å². The van der Waals surface area contributed by atoms with E-state index in [0.29, 0.717) is 12.0 Å². The molecular formula is C5H10N2O. The Bertz CT molecular complexity index is 98.6. The van der Waals surface area contributed by atoms with Gasteiger partial charge in [-0.1, -0.05) is 0 Å². The number of hydrogen-bond acceptors (Lipinski definition) is 3. The molecule has 8 heavy (non-hydrogen) atoms. The van der Waals surface area contributed by atoms with Gasteiger partial charge in [-0.2, -0.15) is 0 Å². The number of nitrogens with two attached hydrogens (primary N) is 1. The molecular weight excluding hydrogens is 104 g/mol. The highest BCUT2D eigenvalue weighted by molar-refractivity contribution is 5.71. The number of likely N-dealkylation sites (N-methyl/N-ethyl adjacent to an activating group) is 1. The standard InChI is InChI=1S/C5H10N2O/c1-2-7-5(3-6)4-8/h3-4,7H,2,6H2,1H3/b5-3-. The number of nitrogens with one attached hydrogen (secondary N) is 1. The fourth-order valence-electron chi connectivity index (χ4n) is 0.344. The Kier molecular flexibility index (Phi) is 3.66. The molecule has 0 bridgehead atoms. The second kappa shape index (κ2) is 4.18. The third kappa shape index (κ3) is 2.23. The van der Waals surface area contributed by atoms with Gasteiger partial charge in [-0.15, -0.1) is 0 Å². The third-order valence-electron chi connectivity index (χ3n) is 0.687. The molecule has 0 rings (SSSR count). The Morgan fingerprint density at radius 2 is 2.50 bits per heavy atom. The van der Waals surface area contributed by atoms with Gasteiger partial charge in [-0.25, -0.2) is 0 Å². The Hall–Kier alpha value is -0.990. The number of carbonyl (C=O) groups is 1. The van der Waals surface area contributed by atoms with Gasteiger partial charge in [0.15, 0.2) is 6.29 Å². The predicted molar refractivity (Wildman–Crippen MR) is 32.0 cm³/mol. The molecule has 0 atom stereocenters. The molecule has 0 amide bonds. The molecule has 0 unspecified atom stereocenters. The minimum absolute atomic E-state index is 0.438. The van der Waals surface area contributed by atoms with E-state index in [1.54, 1.807) is 0 Å². The lowest BCUT2D eigenvalue weighted by Crippen LogP contribution is -2.14. The van der Waals surface area contributed by atoms with Crippen LogP contribution in [0.4, 0.5) is 0 Å². The van der Waals surface area contributed by atoms with Gasteiger partial charge in [0.25, 0.3) is 0 Å². The summed E-state index contributed by atoms with van der Waals surface area (Å²) in [6, 6.07) is 0. The lowest BCUT2D eigenvalue weighted by Gasteiger charge is -1.96. The zero-order valence-corrected chi connectivity index (χ0v) is 4.85. The summed E-state index contributed by atoms with van der Waals surface area (Å²) in [6.07, 6.45) is 1.93. The van der Waals surface area contributed by atoms with Crippen molar-refractivity contribution in [2.24, 2.45) is 5.73 Å². The maximum atomic E-state index is 9.92. The van der Waals surface area contributed by atoms with E-state index in [9.17, 15) is 4.79 Å². The summed E-state index contributed by atoms with van der Waals surface area (Å²) in [4.78, 5) is 9.92. The van der Waals surface area contributed by atoms with Gasteiger partial charge in [-0.3, -0.25) is 4.79 Å². The summed E-state index contributed by atoms with van der Waals surface area (Å²) in [5.41, 5.74) is 5.45. The van der Waals surface area contributed by atoms with Crippen molar-refractivity contribution in [3.05, 3.63) is 11.9 Å². The molecule has 0 aromatic carbocycles. The minimum Gasteiger partial charge on any atom is -0.403 e. The van der Waals surface area contributed by atoms with E-state index < -0.39 is 0 Å². The van der Waals surface area contributed by atoms with Crippen LogP contribution >= 0.6 is 0 Å². The van der Waals surface area contributed by atoms with E-state index in [2.05, 4.69) is 5.32 Å². The molecule has 0 aromatic heterocycles. The largest absolute Gasteiger partial charge is 0.403 e. The first-order valence-corrected chi connectivity index (χ1v) is 2.46. The molecule has 0 aliphatic rings. The van der Waals surface area contributed by atoms with E-state index in [0.717, 1.165) is 6.54 Å². The smallest absolute Gasteiger partial charge is 0.167 e. The molecule has 0 aliphatic heterocycles. The van der Waals surface area contributed by atoms with Gasteiger partial charge in [0.1, 0.15) is 0 Å². The van der Waals surface area contributed by atoms with Crippen LogP contribution in [0.3, 0.4) is 0 Å². The van der Waals surface area contributed by atoms with Gasteiger partial charge in [0.2, 0.25) is 0 Å². The maximum absolute atomic E-state index is 9.92. The van der Waals surface area contributed by atoms with Crippen LogP contribution in [0.2, 0.25) is 0 Å². The summed E-state index contributed by atoms with van der Waals surface area (Å²) in [7, 11) is 0. The molecule has 3 nitrogen and oxygen atoms in total. The molecule has 0 aliphatic carbocycles. The zero-order chi connectivity index (χ0) is 6.41. The number of rotatable bonds is 3. The first-order chi connectivity index (χ1) is 3.85. The molecule has 0 aromatic rings. The van der Waals surface area contributed by atoms with E-state index in [1.807, 2.05) is 6.92 Å². The molecule has 0 fully saturated rings. The quantitative estimate of drug-likeness (QED) is 0.387. The average molecular weight is 114 g/mol. The van der Waals surface area contributed by atoms with E-state index in [-0.39, 0.29) is 0 Å². The molecule has 0 saturated carbocycles. The first-order valence-electron chi connectivity index (χ1n) is 2.46. The predicted octanol–water partition coefficient (Wildman–Crippen LogP) is -0.405. The molecule has 3 heteroatoms. The van der Waals surface area contributed by atoms with E-state index in [4.69, 9.17) is 5.73 Å². The molecule has 0 heterocycles. The Balaban J connectivity index is 3.54. The number of aldehydes is 1. The van der Waals surface area contributed by atoms with Crippen molar-refractivity contribution >= 4 is 6.29 Å². The van der Waals surface area contributed by atoms with Crippen molar-refractivity contribution in [1.29, 1.82) is 0 Å². The maximum Gasteiger partial charge on any atom is 0.167 e. The van der Waals surface area contributed by atoms with Crippen LogP contribution in [0, 0.1) is 0 Å². The molecule has 3 N–H and O–H groups in total. The number of carbonyl (C=O) groups excluding carboxylic acids is 1.